The van der Waals surface area contributed by atoms with E-state index in [0.717, 1.165) is 19.5 Å². The van der Waals surface area contributed by atoms with Gasteiger partial charge in [0.2, 0.25) is 6.10 Å². The van der Waals surface area contributed by atoms with Crippen LogP contribution in [0.1, 0.15) is 19.3 Å². The van der Waals surface area contributed by atoms with Crippen molar-refractivity contribution < 1.29 is 14.3 Å². The number of benzene rings is 1. The Labute approximate surface area is 130 Å². The number of likely N-dealkylation sites (tertiary alicyclic amines) is 1. The van der Waals surface area contributed by atoms with E-state index in [0.29, 0.717) is 23.3 Å². The molecule has 118 valence electrons. The number of carbonyl (C=O) groups is 1. The van der Waals surface area contributed by atoms with Crippen LogP contribution in [0.2, 0.25) is 0 Å². The van der Waals surface area contributed by atoms with Gasteiger partial charge in [0.25, 0.3) is 5.91 Å². The maximum absolute atomic E-state index is 12.7. The number of hydrogen-bond acceptors (Lipinski definition) is 4. The fraction of sp³-hybridized carbons (Fsp3) is 0.588. The van der Waals surface area contributed by atoms with Crippen molar-refractivity contribution in [1.29, 1.82) is 0 Å². The standard InChI is InChI=1S/C17H22N2O3/c18-13-5-3-4-11-8-19(9-12(11)13)17(20)16-10-21-14-6-1-2-7-15(14)22-16/h1-2,6-7,11-13,16H,3-5,8-10,18H2. The highest BCUT2D eigenvalue weighted by Crippen LogP contribution is 2.37. The third kappa shape index (κ3) is 2.33. The van der Waals surface area contributed by atoms with Gasteiger partial charge >= 0.3 is 0 Å². The summed E-state index contributed by atoms with van der Waals surface area (Å²) in [4.78, 5) is 14.7. The average molecular weight is 302 g/mol. The van der Waals surface area contributed by atoms with Gasteiger partial charge in [-0.15, -0.1) is 0 Å². The van der Waals surface area contributed by atoms with Crippen LogP contribution in [0, 0.1) is 11.8 Å². The topological polar surface area (TPSA) is 64.8 Å². The highest BCUT2D eigenvalue weighted by Gasteiger charge is 2.42. The first-order valence-corrected chi connectivity index (χ1v) is 8.15. The van der Waals surface area contributed by atoms with E-state index in [2.05, 4.69) is 0 Å². The molecule has 1 amide bonds. The van der Waals surface area contributed by atoms with Gasteiger partial charge in [-0.3, -0.25) is 4.79 Å². The summed E-state index contributed by atoms with van der Waals surface area (Å²) in [5.41, 5.74) is 6.23. The van der Waals surface area contributed by atoms with Crippen LogP contribution >= 0.6 is 0 Å². The summed E-state index contributed by atoms with van der Waals surface area (Å²) in [7, 11) is 0. The van der Waals surface area contributed by atoms with Crippen molar-refractivity contribution >= 4 is 5.91 Å². The molecule has 3 aliphatic rings. The van der Waals surface area contributed by atoms with Gasteiger partial charge in [0, 0.05) is 19.1 Å². The molecular weight excluding hydrogens is 280 g/mol. The Bertz CT molecular complexity index is 577. The van der Waals surface area contributed by atoms with Crippen molar-refractivity contribution in [3.63, 3.8) is 0 Å². The second kappa shape index (κ2) is 5.47. The lowest BCUT2D eigenvalue weighted by Gasteiger charge is -2.29. The quantitative estimate of drug-likeness (QED) is 0.852. The first-order chi connectivity index (χ1) is 10.7. The molecule has 0 radical (unpaired) electrons. The van der Waals surface area contributed by atoms with E-state index in [-0.39, 0.29) is 18.6 Å². The fourth-order valence-corrected chi connectivity index (χ4v) is 4.04. The molecule has 4 atom stereocenters. The number of para-hydroxylation sites is 2. The molecule has 0 aromatic heterocycles. The Kier molecular flexibility index (Phi) is 3.45. The molecular formula is C17H22N2O3. The van der Waals surface area contributed by atoms with Crippen molar-refractivity contribution in [3.05, 3.63) is 24.3 Å². The zero-order valence-corrected chi connectivity index (χ0v) is 12.6. The van der Waals surface area contributed by atoms with E-state index < -0.39 is 6.10 Å². The lowest BCUT2D eigenvalue weighted by molar-refractivity contribution is -0.140. The van der Waals surface area contributed by atoms with Crippen LogP contribution in [-0.2, 0) is 4.79 Å². The summed E-state index contributed by atoms with van der Waals surface area (Å²) in [6.45, 7) is 1.87. The summed E-state index contributed by atoms with van der Waals surface area (Å²) in [6.07, 6.45) is 2.92. The number of rotatable bonds is 1. The highest BCUT2D eigenvalue weighted by atomic mass is 16.6. The largest absolute Gasteiger partial charge is 0.485 e. The number of ether oxygens (including phenoxy) is 2. The Balaban J connectivity index is 1.45. The van der Waals surface area contributed by atoms with Crippen molar-refractivity contribution in [1.82, 2.24) is 4.90 Å². The molecule has 5 nitrogen and oxygen atoms in total. The number of nitrogens with two attached hydrogens (primary N) is 1. The van der Waals surface area contributed by atoms with Gasteiger partial charge in [-0.25, -0.2) is 0 Å². The van der Waals surface area contributed by atoms with Crippen LogP contribution in [0.25, 0.3) is 0 Å². The van der Waals surface area contributed by atoms with Crippen molar-refractivity contribution in [2.24, 2.45) is 17.6 Å². The Morgan fingerprint density at radius 3 is 2.82 bits per heavy atom. The van der Waals surface area contributed by atoms with Gasteiger partial charge in [0.1, 0.15) is 6.61 Å². The van der Waals surface area contributed by atoms with Crippen LogP contribution < -0.4 is 15.2 Å². The van der Waals surface area contributed by atoms with Gasteiger partial charge in [-0.1, -0.05) is 18.6 Å². The number of hydrogen-bond donors (Lipinski definition) is 1. The molecule has 4 rings (SSSR count). The molecule has 5 heteroatoms. The number of nitrogens with zero attached hydrogens (tertiary/aromatic N) is 1. The number of carbonyl (C=O) groups excluding carboxylic acids is 1. The number of fused-ring (bicyclic) bond motifs is 2. The van der Waals surface area contributed by atoms with Gasteiger partial charge in [-0.05, 0) is 36.8 Å². The van der Waals surface area contributed by atoms with E-state index in [1.165, 1.54) is 12.8 Å². The first kappa shape index (κ1) is 13.9. The van der Waals surface area contributed by atoms with Crippen LogP contribution in [0.5, 0.6) is 11.5 Å². The Morgan fingerprint density at radius 1 is 1.18 bits per heavy atom. The molecule has 1 aliphatic carbocycles. The lowest BCUT2D eigenvalue weighted by Crippen LogP contribution is -2.46. The molecule has 1 aromatic rings. The molecule has 2 N–H and O–H groups in total. The van der Waals surface area contributed by atoms with Gasteiger partial charge < -0.3 is 20.1 Å². The summed E-state index contributed by atoms with van der Waals surface area (Å²) in [5.74, 6) is 2.42. The third-order valence-electron chi connectivity index (χ3n) is 5.25. The summed E-state index contributed by atoms with van der Waals surface area (Å²) in [5, 5.41) is 0. The van der Waals surface area contributed by atoms with E-state index in [1.54, 1.807) is 0 Å². The normalized spacial score (nSPS) is 33.4. The second-order valence-electron chi connectivity index (χ2n) is 6.63. The smallest absolute Gasteiger partial charge is 0.267 e. The van der Waals surface area contributed by atoms with Crippen molar-refractivity contribution in [3.8, 4) is 11.5 Å². The van der Waals surface area contributed by atoms with Crippen LogP contribution in [-0.4, -0.2) is 42.6 Å². The highest BCUT2D eigenvalue weighted by molar-refractivity contribution is 5.82. The maximum Gasteiger partial charge on any atom is 0.267 e. The molecule has 0 bridgehead atoms. The molecule has 22 heavy (non-hydrogen) atoms. The molecule has 4 unspecified atom stereocenters. The minimum Gasteiger partial charge on any atom is -0.485 e. The summed E-state index contributed by atoms with van der Waals surface area (Å²) in [6, 6.07) is 7.73. The summed E-state index contributed by atoms with van der Waals surface area (Å²) < 4.78 is 11.5. The molecule has 2 fully saturated rings. The minimum absolute atomic E-state index is 0.0381. The molecule has 2 heterocycles. The molecule has 1 aromatic carbocycles. The maximum atomic E-state index is 12.7. The molecule has 2 aliphatic heterocycles. The average Bonchev–Trinajstić information content (AvgIpc) is 2.99. The zero-order valence-electron chi connectivity index (χ0n) is 12.6. The SMILES string of the molecule is NC1CCCC2CN(C(=O)C3COc4ccccc4O3)CC12. The Morgan fingerprint density at radius 2 is 2.00 bits per heavy atom. The fourth-order valence-electron chi connectivity index (χ4n) is 4.04. The monoisotopic (exact) mass is 302 g/mol. The first-order valence-electron chi connectivity index (χ1n) is 8.15. The van der Waals surface area contributed by atoms with E-state index in [9.17, 15) is 4.79 Å². The Hall–Kier alpha value is -1.75. The van der Waals surface area contributed by atoms with E-state index in [4.69, 9.17) is 15.2 Å². The van der Waals surface area contributed by atoms with E-state index >= 15 is 0 Å². The predicted octanol–water partition coefficient (Wildman–Crippen LogP) is 1.41. The van der Waals surface area contributed by atoms with Crippen molar-refractivity contribution in [2.45, 2.75) is 31.4 Å². The second-order valence-corrected chi connectivity index (χ2v) is 6.63. The molecule has 0 spiro atoms. The molecule has 1 saturated heterocycles. The zero-order chi connectivity index (χ0) is 15.1. The lowest BCUT2D eigenvalue weighted by atomic mass is 9.78. The minimum atomic E-state index is -0.536. The van der Waals surface area contributed by atoms with Crippen LogP contribution in [0.3, 0.4) is 0 Å². The molecule has 1 saturated carbocycles. The number of amides is 1. The van der Waals surface area contributed by atoms with E-state index in [1.807, 2.05) is 29.2 Å². The third-order valence-corrected chi connectivity index (χ3v) is 5.25. The summed E-state index contributed by atoms with van der Waals surface area (Å²) >= 11 is 0. The van der Waals surface area contributed by atoms with Gasteiger partial charge in [0.05, 0.1) is 0 Å². The van der Waals surface area contributed by atoms with Crippen molar-refractivity contribution in [2.75, 3.05) is 19.7 Å². The van der Waals surface area contributed by atoms with Gasteiger partial charge in [-0.2, -0.15) is 0 Å². The van der Waals surface area contributed by atoms with Crippen LogP contribution in [0.4, 0.5) is 0 Å². The van der Waals surface area contributed by atoms with Gasteiger partial charge in [0.15, 0.2) is 11.5 Å². The predicted molar refractivity (Wildman–Crippen MR) is 81.7 cm³/mol. The van der Waals surface area contributed by atoms with Crippen LogP contribution in [0.15, 0.2) is 24.3 Å².